The molecule has 2 aromatic rings. The lowest BCUT2D eigenvalue weighted by Gasteiger charge is -2.13. The van der Waals surface area contributed by atoms with Crippen LogP contribution in [0, 0.1) is 6.92 Å². The quantitative estimate of drug-likeness (QED) is 0.802. The lowest BCUT2D eigenvalue weighted by molar-refractivity contribution is -0.127. The van der Waals surface area contributed by atoms with E-state index in [2.05, 4.69) is 20.8 Å². The number of hydrogen-bond acceptors (Lipinski definition) is 7. The molecule has 25 heavy (non-hydrogen) atoms. The Hall–Kier alpha value is -2.97. The molecule has 1 aliphatic carbocycles. The van der Waals surface area contributed by atoms with E-state index >= 15 is 0 Å². The van der Waals surface area contributed by atoms with E-state index in [0.29, 0.717) is 17.0 Å². The summed E-state index contributed by atoms with van der Waals surface area (Å²) in [6, 6.07) is 0.987. The van der Waals surface area contributed by atoms with Gasteiger partial charge in [-0.3, -0.25) is 10.1 Å². The summed E-state index contributed by atoms with van der Waals surface area (Å²) in [5.41, 5.74) is 1.79. The maximum atomic E-state index is 12.6. The minimum absolute atomic E-state index is 0.255. The number of aryl methyl sites for hydroxylation is 1. The normalized spacial score (nSPS) is 14.8. The van der Waals surface area contributed by atoms with Gasteiger partial charge in [0.2, 0.25) is 0 Å². The average molecular weight is 346 g/mol. The molecule has 3 rings (SSSR count). The van der Waals surface area contributed by atoms with Gasteiger partial charge in [0.1, 0.15) is 0 Å². The zero-order valence-electron chi connectivity index (χ0n) is 14.1. The number of hydrogen-bond donors (Lipinski definition) is 2. The Kier molecular flexibility index (Phi) is 4.39. The predicted molar refractivity (Wildman–Crippen MR) is 86.0 cm³/mol. The molecule has 0 saturated heterocycles. The molecule has 0 aliphatic heterocycles. The van der Waals surface area contributed by atoms with Gasteiger partial charge < -0.3 is 14.6 Å². The van der Waals surface area contributed by atoms with Crippen LogP contribution in [-0.4, -0.2) is 41.2 Å². The van der Waals surface area contributed by atoms with Gasteiger partial charge in [-0.2, -0.15) is 0 Å². The maximum absolute atomic E-state index is 12.6. The SMILES string of the molecule is CNC(=O)NC(=O)C(C)OC(=O)c1cc(C2CC2)nc2onc(C)c12. The van der Waals surface area contributed by atoms with Crippen LogP contribution in [0.25, 0.3) is 11.1 Å². The van der Waals surface area contributed by atoms with Gasteiger partial charge in [-0.1, -0.05) is 5.16 Å². The summed E-state index contributed by atoms with van der Waals surface area (Å²) in [5.74, 6) is -1.11. The number of urea groups is 1. The van der Waals surface area contributed by atoms with Crippen molar-refractivity contribution in [1.29, 1.82) is 0 Å². The second kappa shape index (κ2) is 6.50. The number of carbonyl (C=O) groups excluding carboxylic acids is 3. The highest BCUT2D eigenvalue weighted by Gasteiger charge is 2.30. The fourth-order valence-corrected chi connectivity index (χ4v) is 2.42. The molecule has 0 radical (unpaired) electrons. The van der Waals surface area contributed by atoms with Gasteiger partial charge in [-0.25, -0.2) is 14.6 Å². The maximum Gasteiger partial charge on any atom is 0.339 e. The van der Waals surface area contributed by atoms with Gasteiger partial charge in [0.15, 0.2) is 6.10 Å². The number of esters is 1. The number of imide groups is 1. The first-order valence-electron chi connectivity index (χ1n) is 7.91. The highest BCUT2D eigenvalue weighted by Crippen LogP contribution is 2.40. The van der Waals surface area contributed by atoms with Crippen LogP contribution >= 0.6 is 0 Å². The van der Waals surface area contributed by atoms with E-state index in [-0.39, 0.29) is 11.3 Å². The zero-order chi connectivity index (χ0) is 18.1. The molecule has 3 amide bonds. The largest absolute Gasteiger partial charge is 0.449 e. The van der Waals surface area contributed by atoms with Crippen molar-refractivity contribution < 1.29 is 23.6 Å². The molecule has 132 valence electrons. The monoisotopic (exact) mass is 346 g/mol. The van der Waals surface area contributed by atoms with Gasteiger partial charge in [0.05, 0.1) is 16.6 Å². The number of rotatable bonds is 4. The van der Waals surface area contributed by atoms with E-state index in [4.69, 9.17) is 9.26 Å². The van der Waals surface area contributed by atoms with Gasteiger partial charge >= 0.3 is 12.0 Å². The van der Waals surface area contributed by atoms with Crippen molar-refractivity contribution in [3.63, 3.8) is 0 Å². The fraction of sp³-hybridized carbons (Fsp3) is 0.438. The van der Waals surface area contributed by atoms with Crippen LogP contribution in [0.4, 0.5) is 4.79 Å². The van der Waals surface area contributed by atoms with Crippen molar-refractivity contribution in [3.8, 4) is 0 Å². The van der Waals surface area contributed by atoms with E-state index in [1.807, 2.05) is 0 Å². The van der Waals surface area contributed by atoms with E-state index in [1.165, 1.54) is 14.0 Å². The zero-order valence-corrected chi connectivity index (χ0v) is 14.1. The van der Waals surface area contributed by atoms with Crippen LogP contribution in [0.5, 0.6) is 0 Å². The molecule has 9 heteroatoms. The fourth-order valence-electron chi connectivity index (χ4n) is 2.42. The van der Waals surface area contributed by atoms with E-state index in [9.17, 15) is 14.4 Å². The highest BCUT2D eigenvalue weighted by molar-refractivity contribution is 6.04. The molecule has 0 spiro atoms. The first-order chi connectivity index (χ1) is 11.9. The third-order valence-corrected chi connectivity index (χ3v) is 3.97. The lowest BCUT2D eigenvalue weighted by Crippen LogP contribution is -2.43. The minimum atomic E-state index is -1.14. The van der Waals surface area contributed by atoms with Gasteiger partial charge in [0, 0.05) is 18.7 Å². The van der Waals surface area contributed by atoms with Gasteiger partial charge in [0.25, 0.3) is 11.6 Å². The van der Waals surface area contributed by atoms with Crippen LogP contribution in [-0.2, 0) is 9.53 Å². The Morgan fingerprint density at radius 3 is 2.72 bits per heavy atom. The molecule has 1 unspecified atom stereocenters. The molecule has 1 fully saturated rings. The molecule has 2 heterocycles. The first kappa shape index (κ1) is 16.9. The molecule has 9 nitrogen and oxygen atoms in total. The third-order valence-electron chi connectivity index (χ3n) is 3.97. The van der Waals surface area contributed by atoms with Crippen LogP contribution < -0.4 is 10.6 Å². The average Bonchev–Trinajstić information content (AvgIpc) is 3.37. The summed E-state index contributed by atoms with van der Waals surface area (Å²) < 4.78 is 10.4. The topological polar surface area (TPSA) is 123 Å². The molecule has 0 aromatic carbocycles. The summed E-state index contributed by atoms with van der Waals surface area (Å²) in [6.45, 7) is 3.08. The van der Waals surface area contributed by atoms with E-state index in [1.54, 1.807) is 13.0 Å². The number of nitrogens with zero attached hydrogens (tertiary/aromatic N) is 2. The summed E-state index contributed by atoms with van der Waals surface area (Å²) in [5, 5.41) is 8.62. The number of carbonyl (C=O) groups is 3. The molecular weight excluding hydrogens is 328 g/mol. The molecule has 2 N–H and O–H groups in total. The second-order valence-electron chi connectivity index (χ2n) is 5.93. The number of amides is 3. The summed E-state index contributed by atoms with van der Waals surface area (Å²) in [6.07, 6.45) is 0.869. The summed E-state index contributed by atoms with van der Waals surface area (Å²) >= 11 is 0. The summed E-state index contributed by atoms with van der Waals surface area (Å²) in [7, 11) is 1.38. The van der Waals surface area contributed by atoms with Crippen LogP contribution in [0.15, 0.2) is 10.6 Å². The standard InChI is InChI=1S/C16H18N4O5/c1-7-12-10(6-11(9-4-5-9)18-14(12)25-20-7)15(22)24-8(2)13(21)19-16(23)17-3/h6,8-9H,4-5H2,1-3H3,(H2,17,19,21,23). The Balaban J connectivity index is 1.85. The highest BCUT2D eigenvalue weighted by atomic mass is 16.5. The van der Waals surface area contributed by atoms with Crippen molar-refractivity contribution in [2.75, 3.05) is 7.05 Å². The van der Waals surface area contributed by atoms with Crippen molar-refractivity contribution in [1.82, 2.24) is 20.8 Å². The molecular formula is C16H18N4O5. The number of pyridine rings is 1. The van der Waals surface area contributed by atoms with Crippen LogP contribution in [0.3, 0.4) is 0 Å². The summed E-state index contributed by atoms with van der Waals surface area (Å²) in [4.78, 5) is 40.0. The Morgan fingerprint density at radius 1 is 1.36 bits per heavy atom. The van der Waals surface area contributed by atoms with Gasteiger partial charge in [-0.05, 0) is 32.8 Å². The number of nitrogens with one attached hydrogen (secondary N) is 2. The first-order valence-corrected chi connectivity index (χ1v) is 7.91. The molecule has 1 saturated carbocycles. The van der Waals surface area contributed by atoms with Crippen LogP contribution in [0.2, 0.25) is 0 Å². The van der Waals surface area contributed by atoms with Crippen molar-refractivity contribution in [2.24, 2.45) is 0 Å². The molecule has 1 atom stereocenters. The molecule has 0 bridgehead atoms. The molecule has 1 aliphatic rings. The Labute approximate surface area is 143 Å². The predicted octanol–water partition coefficient (Wildman–Crippen LogP) is 1.41. The lowest BCUT2D eigenvalue weighted by atomic mass is 10.1. The van der Waals surface area contributed by atoms with Crippen molar-refractivity contribution in [2.45, 2.75) is 38.7 Å². The van der Waals surface area contributed by atoms with E-state index < -0.39 is 24.0 Å². The minimum Gasteiger partial charge on any atom is -0.449 e. The number of ether oxygens (including phenoxy) is 1. The second-order valence-corrected chi connectivity index (χ2v) is 5.93. The molecule has 2 aromatic heterocycles. The third kappa shape index (κ3) is 3.44. The van der Waals surface area contributed by atoms with Crippen molar-refractivity contribution in [3.05, 3.63) is 23.0 Å². The Bertz CT molecular complexity index is 856. The van der Waals surface area contributed by atoms with Crippen molar-refractivity contribution >= 4 is 29.0 Å². The van der Waals surface area contributed by atoms with Gasteiger partial charge in [-0.15, -0.1) is 0 Å². The van der Waals surface area contributed by atoms with Crippen LogP contribution in [0.1, 0.15) is 47.4 Å². The number of aromatic nitrogens is 2. The number of fused-ring (bicyclic) bond motifs is 1. The Morgan fingerprint density at radius 2 is 2.08 bits per heavy atom. The van der Waals surface area contributed by atoms with E-state index in [0.717, 1.165) is 18.5 Å². The smallest absolute Gasteiger partial charge is 0.339 e.